The molecule has 0 aliphatic heterocycles. The number of nitrogens with zero attached hydrogens (tertiary/aromatic N) is 2. The van der Waals surface area contributed by atoms with Crippen LogP contribution in [0.4, 0.5) is 0 Å². The van der Waals surface area contributed by atoms with Crippen molar-refractivity contribution < 1.29 is 4.57 Å². The number of benzene rings is 2. The Labute approximate surface area is 152 Å². The van der Waals surface area contributed by atoms with E-state index in [-0.39, 0.29) is 14.5 Å². The van der Waals surface area contributed by atoms with E-state index in [9.17, 15) is 0 Å². The van der Waals surface area contributed by atoms with E-state index >= 15 is 0 Å². The van der Waals surface area contributed by atoms with Crippen molar-refractivity contribution in [1.29, 1.82) is 0 Å². The standard InChI is InChI=1S/C22H17N2Se/c1-14-6-3-4-7-15(14)20-22-17(11-13-24(20)2)16-9-10-19-18(21(16)25-22)8-5-12-23-19/h3-13H,1-2H3/q+1. The van der Waals surface area contributed by atoms with Crippen LogP contribution in [-0.4, -0.2) is 19.5 Å². The van der Waals surface area contributed by atoms with Gasteiger partial charge in [0.25, 0.3) is 0 Å². The average Bonchev–Trinajstić information content (AvgIpc) is 3.01. The molecule has 0 saturated carbocycles. The molecule has 3 heteroatoms. The molecule has 0 radical (unpaired) electrons. The van der Waals surface area contributed by atoms with Gasteiger partial charge in [0.1, 0.15) is 0 Å². The quantitative estimate of drug-likeness (QED) is 0.307. The van der Waals surface area contributed by atoms with Crippen molar-refractivity contribution in [3.05, 3.63) is 72.6 Å². The van der Waals surface area contributed by atoms with Crippen molar-refractivity contribution >= 4 is 44.7 Å². The fourth-order valence-corrected chi connectivity index (χ4v) is 6.61. The third-order valence-corrected chi connectivity index (χ3v) is 7.55. The van der Waals surface area contributed by atoms with Gasteiger partial charge in [-0.05, 0) is 0 Å². The van der Waals surface area contributed by atoms with Crippen molar-refractivity contribution in [2.45, 2.75) is 6.92 Å². The molecular formula is C22H17N2Se+. The Morgan fingerprint density at radius 3 is 2.56 bits per heavy atom. The molecule has 0 aliphatic carbocycles. The molecule has 0 unspecified atom stereocenters. The minimum absolute atomic E-state index is 0.282. The van der Waals surface area contributed by atoms with Gasteiger partial charge in [-0.3, -0.25) is 0 Å². The molecule has 0 amide bonds. The molecule has 25 heavy (non-hydrogen) atoms. The molecule has 120 valence electrons. The Morgan fingerprint density at radius 1 is 0.840 bits per heavy atom. The summed E-state index contributed by atoms with van der Waals surface area (Å²) in [7, 11) is 2.15. The molecule has 0 spiro atoms. The first-order chi connectivity index (χ1) is 12.2. The predicted molar refractivity (Wildman–Crippen MR) is 105 cm³/mol. The van der Waals surface area contributed by atoms with Gasteiger partial charge < -0.3 is 0 Å². The molecule has 2 nitrogen and oxygen atoms in total. The van der Waals surface area contributed by atoms with Crippen molar-refractivity contribution in [3.63, 3.8) is 0 Å². The van der Waals surface area contributed by atoms with Crippen LogP contribution < -0.4 is 4.57 Å². The van der Waals surface area contributed by atoms with Crippen molar-refractivity contribution in [1.82, 2.24) is 4.98 Å². The van der Waals surface area contributed by atoms with E-state index in [1.54, 1.807) is 0 Å². The fraction of sp³-hybridized carbons (Fsp3) is 0.0909. The zero-order valence-corrected chi connectivity index (χ0v) is 15.9. The van der Waals surface area contributed by atoms with Crippen molar-refractivity contribution in [2.75, 3.05) is 0 Å². The molecule has 0 aliphatic rings. The van der Waals surface area contributed by atoms with Gasteiger partial charge >= 0.3 is 152 Å². The predicted octanol–water partition coefficient (Wildman–Crippen LogP) is 4.40. The normalized spacial score (nSPS) is 11.6. The van der Waals surface area contributed by atoms with Gasteiger partial charge in [-0.2, -0.15) is 0 Å². The van der Waals surface area contributed by atoms with Gasteiger partial charge in [0.2, 0.25) is 0 Å². The molecule has 0 bridgehead atoms. The van der Waals surface area contributed by atoms with Gasteiger partial charge in [0.15, 0.2) is 0 Å². The van der Waals surface area contributed by atoms with E-state index in [4.69, 9.17) is 0 Å². The number of hydrogen-bond acceptors (Lipinski definition) is 1. The fourth-order valence-electron chi connectivity index (χ4n) is 3.64. The zero-order chi connectivity index (χ0) is 17.0. The van der Waals surface area contributed by atoms with Crippen LogP contribution in [0.3, 0.4) is 0 Å². The average molecular weight is 388 g/mol. The summed E-state index contributed by atoms with van der Waals surface area (Å²) in [5.74, 6) is 0. The minimum atomic E-state index is 0.282. The second-order valence-corrected chi connectivity index (χ2v) is 8.59. The van der Waals surface area contributed by atoms with E-state index in [0.717, 1.165) is 5.52 Å². The number of aryl methyl sites for hydroxylation is 2. The maximum absolute atomic E-state index is 4.54. The van der Waals surface area contributed by atoms with E-state index in [0.29, 0.717) is 0 Å². The van der Waals surface area contributed by atoms with Crippen LogP contribution in [-0.2, 0) is 7.05 Å². The SMILES string of the molecule is Cc1ccccc1-c1c2[se]c3c4cccnc4ccc3c2cc[n+]1C. The molecule has 0 atom stereocenters. The Balaban J connectivity index is 1.98. The Bertz CT molecular complexity index is 1270. The van der Waals surface area contributed by atoms with Crippen LogP contribution in [0.1, 0.15) is 5.56 Å². The first kappa shape index (κ1) is 14.8. The number of pyridine rings is 2. The summed E-state index contributed by atoms with van der Waals surface area (Å²) >= 11 is 0.282. The van der Waals surface area contributed by atoms with Gasteiger partial charge in [-0.15, -0.1) is 0 Å². The molecular weight excluding hydrogens is 371 g/mol. The molecule has 0 fully saturated rings. The summed E-state index contributed by atoms with van der Waals surface area (Å²) in [6, 6.07) is 19.6. The molecule has 0 N–H and O–H groups in total. The van der Waals surface area contributed by atoms with Gasteiger partial charge in [-0.25, -0.2) is 0 Å². The zero-order valence-electron chi connectivity index (χ0n) is 14.2. The van der Waals surface area contributed by atoms with Crippen LogP contribution in [0.25, 0.3) is 41.5 Å². The van der Waals surface area contributed by atoms with Crippen LogP contribution in [0.5, 0.6) is 0 Å². The summed E-state index contributed by atoms with van der Waals surface area (Å²) in [6.45, 7) is 2.20. The second-order valence-electron chi connectivity index (χ2n) is 6.45. The van der Waals surface area contributed by atoms with Crippen LogP contribution in [0.2, 0.25) is 0 Å². The Hall–Kier alpha value is -2.48. The molecule has 3 aromatic heterocycles. The number of aromatic nitrogens is 2. The van der Waals surface area contributed by atoms with Crippen molar-refractivity contribution in [3.8, 4) is 11.3 Å². The first-order valence-corrected chi connectivity index (χ1v) is 10.1. The molecule has 2 aromatic carbocycles. The number of fused-ring (bicyclic) bond motifs is 5. The van der Waals surface area contributed by atoms with Crippen molar-refractivity contribution in [2.24, 2.45) is 7.05 Å². The number of rotatable bonds is 1. The monoisotopic (exact) mass is 389 g/mol. The summed E-state index contributed by atoms with van der Waals surface area (Å²) < 4.78 is 5.22. The van der Waals surface area contributed by atoms with E-state index in [2.05, 4.69) is 78.3 Å². The van der Waals surface area contributed by atoms with Gasteiger partial charge in [0.05, 0.1) is 0 Å². The third-order valence-electron chi connectivity index (χ3n) is 4.91. The third kappa shape index (κ3) is 2.17. The molecule has 0 saturated heterocycles. The number of hydrogen-bond donors (Lipinski definition) is 0. The van der Waals surface area contributed by atoms with Crippen LogP contribution in [0.15, 0.2) is 67.0 Å². The Kier molecular flexibility index (Phi) is 3.27. The summed E-state index contributed by atoms with van der Waals surface area (Å²) in [5, 5.41) is 4.07. The second kappa shape index (κ2) is 5.52. The molecule has 5 aromatic rings. The Morgan fingerprint density at radius 2 is 1.68 bits per heavy atom. The summed E-state index contributed by atoms with van der Waals surface area (Å²) in [4.78, 5) is 4.54. The van der Waals surface area contributed by atoms with E-state index in [1.165, 1.54) is 41.5 Å². The van der Waals surface area contributed by atoms with E-state index < -0.39 is 0 Å². The van der Waals surface area contributed by atoms with Gasteiger partial charge in [-0.1, -0.05) is 0 Å². The molecule has 5 rings (SSSR count). The van der Waals surface area contributed by atoms with Crippen LogP contribution >= 0.6 is 0 Å². The van der Waals surface area contributed by atoms with Crippen LogP contribution in [0, 0.1) is 6.92 Å². The molecule has 3 heterocycles. The summed E-state index contributed by atoms with van der Waals surface area (Å²) in [6.07, 6.45) is 4.07. The summed E-state index contributed by atoms with van der Waals surface area (Å²) in [5.41, 5.74) is 5.10. The topological polar surface area (TPSA) is 16.8 Å². The first-order valence-electron chi connectivity index (χ1n) is 8.38. The van der Waals surface area contributed by atoms with Gasteiger partial charge in [0, 0.05) is 0 Å². The van der Waals surface area contributed by atoms with E-state index in [1.807, 2.05) is 12.3 Å². The maximum atomic E-state index is 4.54.